The summed E-state index contributed by atoms with van der Waals surface area (Å²) in [4.78, 5) is 24.8. The average Bonchev–Trinajstić information content (AvgIpc) is 2.35. The van der Waals surface area contributed by atoms with E-state index in [-0.39, 0.29) is 12.2 Å². The van der Waals surface area contributed by atoms with E-state index in [1.807, 2.05) is 20.8 Å². The number of carbonyl (C=O) groups excluding carboxylic acids is 2. The molecule has 2 amide bonds. The van der Waals surface area contributed by atoms with E-state index in [0.29, 0.717) is 32.2 Å². The zero-order chi connectivity index (χ0) is 15.2. The van der Waals surface area contributed by atoms with Crippen molar-refractivity contribution in [1.29, 1.82) is 0 Å². The number of piperidine rings is 1. The zero-order valence-electron chi connectivity index (χ0n) is 12.9. The fourth-order valence-corrected chi connectivity index (χ4v) is 2.06. The summed E-state index contributed by atoms with van der Waals surface area (Å²) in [5.74, 6) is 0.387. The first-order valence-electron chi connectivity index (χ1n) is 7.20. The van der Waals surface area contributed by atoms with Gasteiger partial charge in [0.15, 0.2) is 0 Å². The highest BCUT2D eigenvalue weighted by molar-refractivity contribution is 5.68. The Labute approximate surface area is 120 Å². The van der Waals surface area contributed by atoms with E-state index < -0.39 is 5.60 Å². The lowest BCUT2D eigenvalue weighted by atomic mass is 9.97. The minimum Gasteiger partial charge on any atom is -0.450 e. The normalized spacial score (nSPS) is 16.7. The Hall–Kier alpha value is -1.46. The van der Waals surface area contributed by atoms with Crippen LogP contribution in [0.2, 0.25) is 0 Å². The van der Waals surface area contributed by atoms with Gasteiger partial charge in [-0.05, 0) is 46.5 Å². The monoisotopic (exact) mass is 286 g/mol. The van der Waals surface area contributed by atoms with Gasteiger partial charge in [0.25, 0.3) is 0 Å². The lowest BCUT2D eigenvalue weighted by Crippen LogP contribution is -2.43. The lowest BCUT2D eigenvalue weighted by molar-refractivity contribution is 0.0183. The number of nitrogens with zero attached hydrogens (tertiary/aromatic N) is 1. The zero-order valence-corrected chi connectivity index (χ0v) is 12.9. The molecule has 1 aliphatic heterocycles. The van der Waals surface area contributed by atoms with Gasteiger partial charge in [0, 0.05) is 19.6 Å². The summed E-state index contributed by atoms with van der Waals surface area (Å²) < 4.78 is 10.2. The molecule has 0 aromatic rings. The largest absolute Gasteiger partial charge is 0.450 e. The number of nitrogens with one attached hydrogen (secondary N) is 1. The average molecular weight is 286 g/mol. The van der Waals surface area contributed by atoms with Gasteiger partial charge in [-0.1, -0.05) is 0 Å². The van der Waals surface area contributed by atoms with Gasteiger partial charge in [-0.3, -0.25) is 0 Å². The third-order valence-electron chi connectivity index (χ3n) is 3.08. The summed E-state index contributed by atoms with van der Waals surface area (Å²) in [6.45, 7) is 9.68. The Morgan fingerprint density at radius 2 is 1.85 bits per heavy atom. The molecule has 0 atom stereocenters. The standard InChI is InChI=1S/C14H26N2O4/c1-5-19-12(17)15-10-11-6-8-16(9-7-11)13(18)20-14(2,3)4/h11H,5-10H2,1-4H3,(H,15,17). The van der Waals surface area contributed by atoms with Gasteiger partial charge in [0.2, 0.25) is 0 Å². The molecule has 1 N–H and O–H groups in total. The van der Waals surface area contributed by atoms with Gasteiger partial charge < -0.3 is 19.7 Å². The number of rotatable bonds is 3. The Balaban J connectivity index is 2.26. The molecule has 1 heterocycles. The molecule has 0 unspecified atom stereocenters. The summed E-state index contributed by atoms with van der Waals surface area (Å²) in [6, 6.07) is 0. The first-order chi connectivity index (χ1) is 9.31. The predicted molar refractivity (Wildman–Crippen MR) is 75.6 cm³/mol. The van der Waals surface area contributed by atoms with Gasteiger partial charge in [-0.25, -0.2) is 9.59 Å². The first-order valence-corrected chi connectivity index (χ1v) is 7.20. The smallest absolute Gasteiger partial charge is 0.410 e. The van der Waals surface area contributed by atoms with Gasteiger partial charge in [0.1, 0.15) is 5.60 Å². The van der Waals surface area contributed by atoms with E-state index in [0.717, 1.165) is 12.8 Å². The highest BCUT2D eigenvalue weighted by Gasteiger charge is 2.26. The molecule has 1 saturated heterocycles. The maximum absolute atomic E-state index is 11.9. The van der Waals surface area contributed by atoms with Crippen LogP contribution in [0.1, 0.15) is 40.5 Å². The molecule has 0 bridgehead atoms. The predicted octanol–water partition coefficient (Wildman–Crippen LogP) is 2.38. The van der Waals surface area contributed by atoms with Gasteiger partial charge >= 0.3 is 12.2 Å². The number of alkyl carbamates (subject to hydrolysis) is 1. The van der Waals surface area contributed by atoms with Crippen molar-refractivity contribution >= 4 is 12.2 Å². The second-order valence-electron chi connectivity index (χ2n) is 6.01. The number of hydrogen-bond donors (Lipinski definition) is 1. The van der Waals surface area contributed by atoms with Crippen LogP contribution < -0.4 is 5.32 Å². The van der Waals surface area contributed by atoms with Crippen molar-refractivity contribution in [3.8, 4) is 0 Å². The molecule has 1 fully saturated rings. The highest BCUT2D eigenvalue weighted by atomic mass is 16.6. The van der Waals surface area contributed by atoms with Crippen molar-refractivity contribution in [2.45, 2.75) is 46.1 Å². The second kappa shape index (κ2) is 7.36. The van der Waals surface area contributed by atoms with E-state index in [2.05, 4.69) is 5.32 Å². The molecule has 1 rings (SSSR count). The Bertz CT molecular complexity index is 331. The van der Waals surface area contributed by atoms with Gasteiger partial charge in [-0.2, -0.15) is 0 Å². The molecule has 0 aromatic carbocycles. The fourth-order valence-electron chi connectivity index (χ4n) is 2.06. The third-order valence-corrected chi connectivity index (χ3v) is 3.08. The molecule has 116 valence electrons. The number of likely N-dealkylation sites (tertiary alicyclic amines) is 1. The molecule has 20 heavy (non-hydrogen) atoms. The fraction of sp³-hybridized carbons (Fsp3) is 0.857. The van der Waals surface area contributed by atoms with Crippen LogP contribution in [0, 0.1) is 5.92 Å². The molecule has 1 aliphatic rings. The second-order valence-corrected chi connectivity index (χ2v) is 6.01. The Morgan fingerprint density at radius 1 is 1.25 bits per heavy atom. The van der Waals surface area contributed by atoms with Crippen molar-refractivity contribution in [3.63, 3.8) is 0 Å². The lowest BCUT2D eigenvalue weighted by Gasteiger charge is -2.33. The van der Waals surface area contributed by atoms with Crippen LogP contribution in [0.3, 0.4) is 0 Å². The summed E-state index contributed by atoms with van der Waals surface area (Å²) in [5.41, 5.74) is -0.459. The Morgan fingerprint density at radius 3 is 2.35 bits per heavy atom. The maximum atomic E-state index is 11.9. The van der Waals surface area contributed by atoms with E-state index in [1.165, 1.54) is 0 Å². The van der Waals surface area contributed by atoms with Crippen LogP contribution in [0.4, 0.5) is 9.59 Å². The van der Waals surface area contributed by atoms with Crippen LogP contribution in [0.15, 0.2) is 0 Å². The van der Waals surface area contributed by atoms with E-state index in [1.54, 1.807) is 11.8 Å². The summed E-state index contributed by atoms with van der Waals surface area (Å²) in [5, 5.41) is 2.74. The number of hydrogen-bond acceptors (Lipinski definition) is 4. The topological polar surface area (TPSA) is 67.9 Å². The molecule has 0 aromatic heterocycles. The van der Waals surface area contributed by atoms with Crippen molar-refractivity contribution in [2.75, 3.05) is 26.2 Å². The van der Waals surface area contributed by atoms with Crippen LogP contribution in [-0.2, 0) is 9.47 Å². The minimum atomic E-state index is -0.459. The molecular formula is C14H26N2O4. The molecule has 6 nitrogen and oxygen atoms in total. The number of carbonyl (C=O) groups is 2. The molecular weight excluding hydrogens is 260 g/mol. The Kier molecular flexibility index (Phi) is 6.10. The quantitative estimate of drug-likeness (QED) is 0.865. The molecule has 0 spiro atoms. The van der Waals surface area contributed by atoms with Gasteiger partial charge in [-0.15, -0.1) is 0 Å². The van der Waals surface area contributed by atoms with Crippen LogP contribution in [-0.4, -0.2) is 48.9 Å². The summed E-state index contributed by atoms with van der Waals surface area (Å²) >= 11 is 0. The first kappa shape index (κ1) is 16.6. The third kappa shape index (κ3) is 6.12. The SMILES string of the molecule is CCOC(=O)NCC1CCN(C(=O)OC(C)(C)C)CC1. The van der Waals surface area contributed by atoms with Crippen LogP contribution in [0.25, 0.3) is 0 Å². The van der Waals surface area contributed by atoms with Crippen LogP contribution in [0.5, 0.6) is 0 Å². The molecule has 0 saturated carbocycles. The molecule has 0 aliphatic carbocycles. The maximum Gasteiger partial charge on any atom is 0.410 e. The van der Waals surface area contributed by atoms with Gasteiger partial charge in [0.05, 0.1) is 6.61 Å². The van der Waals surface area contributed by atoms with Crippen molar-refractivity contribution in [2.24, 2.45) is 5.92 Å². The summed E-state index contributed by atoms with van der Waals surface area (Å²) in [7, 11) is 0. The number of amides is 2. The van der Waals surface area contributed by atoms with E-state index in [9.17, 15) is 9.59 Å². The minimum absolute atomic E-state index is 0.255. The van der Waals surface area contributed by atoms with Crippen molar-refractivity contribution < 1.29 is 19.1 Å². The molecule has 0 radical (unpaired) electrons. The van der Waals surface area contributed by atoms with Crippen LogP contribution >= 0.6 is 0 Å². The van der Waals surface area contributed by atoms with Crippen molar-refractivity contribution in [1.82, 2.24) is 10.2 Å². The summed E-state index contributed by atoms with van der Waals surface area (Å²) in [6.07, 6.45) is 1.11. The number of ether oxygens (including phenoxy) is 2. The van der Waals surface area contributed by atoms with Crippen molar-refractivity contribution in [3.05, 3.63) is 0 Å². The molecule has 6 heteroatoms. The van der Waals surface area contributed by atoms with E-state index in [4.69, 9.17) is 9.47 Å². The highest BCUT2D eigenvalue weighted by Crippen LogP contribution is 2.19. The van der Waals surface area contributed by atoms with E-state index >= 15 is 0 Å².